The number of rotatable bonds is 8. The molecule has 9 heteroatoms. The Balaban J connectivity index is 1.55. The second-order valence-electron chi connectivity index (χ2n) is 5.60. The predicted octanol–water partition coefficient (Wildman–Crippen LogP) is 4.29. The molecule has 0 aliphatic heterocycles. The van der Waals surface area contributed by atoms with Gasteiger partial charge in [0.2, 0.25) is 5.91 Å². The Kier molecular flexibility index (Phi) is 6.61. The molecule has 0 aliphatic rings. The van der Waals surface area contributed by atoms with Crippen LogP contribution in [0.4, 0.5) is 11.4 Å². The molecular formula is C19H18N2O4S3. The molecule has 28 heavy (non-hydrogen) atoms. The summed E-state index contributed by atoms with van der Waals surface area (Å²) in [6, 6.07) is 17.3. The van der Waals surface area contributed by atoms with Crippen LogP contribution in [0.25, 0.3) is 0 Å². The topological polar surface area (TPSA) is 84.5 Å². The number of thiophene rings is 1. The second-order valence-corrected chi connectivity index (χ2v) is 9.50. The highest BCUT2D eigenvalue weighted by Crippen LogP contribution is 2.26. The summed E-state index contributed by atoms with van der Waals surface area (Å²) in [7, 11) is -2.01. The fourth-order valence-electron chi connectivity index (χ4n) is 2.32. The lowest BCUT2D eigenvalue weighted by Crippen LogP contribution is -2.14. The average Bonchev–Trinajstić information content (AvgIpc) is 3.23. The molecule has 2 aromatic carbocycles. The van der Waals surface area contributed by atoms with Crippen molar-refractivity contribution in [2.45, 2.75) is 9.10 Å². The quantitative estimate of drug-likeness (QED) is 0.517. The van der Waals surface area contributed by atoms with Crippen LogP contribution in [0, 0.1) is 0 Å². The number of anilines is 2. The van der Waals surface area contributed by atoms with Gasteiger partial charge in [0.25, 0.3) is 10.0 Å². The van der Waals surface area contributed by atoms with Crippen LogP contribution in [-0.2, 0) is 14.8 Å². The maximum atomic E-state index is 12.2. The zero-order valence-corrected chi connectivity index (χ0v) is 17.4. The Morgan fingerprint density at radius 1 is 1.07 bits per heavy atom. The van der Waals surface area contributed by atoms with Crippen molar-refractivity contribution in [3.05, 3.63) is 66.0 Å². The number of thioether (sulfide) groups is 1. The zero-order chi connectivity index (χ0) is 20.0. The maximum Gasteiger partial charge on any atom is 0.271 e. The van der Waals surface area contributed by atoms with E-state index in [0.717, 1.165) is 16.2 Å². The molecule has 1 aromatic heterocycles. The summed E-state index contributed by atoms with van der Waals surface area (Å²) in [6.07, 6.45) is 0. The average molecular weight is 435 g/mol. The van der Waals surface area contributed by atoms with Crippen molar-refractivity contribution in [1.29, 1.82) is 0 Å². The fraction of sp³-hybridized carbons (Fsp3) is 0.105. The molecule has 2 N–H and O–H groups in total. The molecule has 1 amide bonds. The van der Waals surface area contributed by atoms with Gasteiger partial charge < -0.3 is 10.1 Å². The summed E-state index contributed by atoms with van der Waals surface area (Å²) in [5.41, 5.74) is 1.09. The van der Waals surface area contributed by atoms with E-state index >= 15 is 0 Å². The van der Waals surface area contributed by atoms with Crippen LogP contribution in [0.1, 0.15) is 0 Å². The summed E-state index contributed by atoms with van der Waals surface area (Å²) in [5, 5.41) is 4.53. The molecule has 6 nitrogen and oxygen atoms in total. The Morgan fingerprint density at radius 3 is 2.50 bits per heavy atom. The third-order valence-corrected chi connectivity index (χ3v) is 7.41. The summed E-state index contributed by atoms with van der Waals surface area (Å²) in [4.78, 5) is 13.0. The van der Waals surface area contributed by atoms with E-state index in [9.17, 15) is 13.2 Å². The van der Waals surface area contributed by atoms with Gasteiger partial charge in [-0.05, 0) is 47.8 Å². The number of hydrogen-bond acceptors (Lipinski definition) is 6. The van der Waals surface area contributed by atoms with Crippen LogP contribution in [0.5, 0.6) is 5.75 Å². The van der Waals surface area contributed by atoms with Crippen molar-refractivity contribution in [1.82, 2.24) is 0 Å². The van der Waals surface area contributed by atoms with E-state index in [0.29, 0.717) is 17.1 Å². The van der Waals surface area contributed by atoms with Crippen LogP contribution in [0.15, 0.2) is 75.1 Å². The molecule has 0 radical (unpaired) electrons. The molecule has 0 unspecified atom stereocenters. The first-order valence-electron chi connectivity index (χ1n) is 8.20. The molecule has 146 valence electrons. The number of benzene rings is 2. The van der Waals surface area contributed by atoms with E-state index in [2.05, 4.69) is 10.0 Å². The normalized spacial score (nSPS) is 11.0. The van der Waals surface area contributed by atoms with E-state index in [1.54, 1.807) is 61.0 Å². The Bertz CT molecular complexity index is 1030. The molecule has 3 rings (SSSR count). The highest BCUT2D eigenvalue weighted by molar-refractivity contribution is 8.00. The van der Waals surface area contributed by atoms with Crippen molar-refractivity contribution in [3.8, 4) is 5.75 Å². The van der Waals surface area contributed by atoms with Crippen molar-refractivity contribution in [3.63, 3.8) is 0 Å². The van der Waals surface area contributed by atoms with E-state index in [1.807, 2.05) is 12.1 Å². The van der Waals surface area contributed by atoms with Gasteiger partial charge >= 0.3 is 0 Å². The van der Waals surface area contributed by atoms with Gasteiger partial charge in [-0.1, -0.05) is 18.2 Å². The van der Waals surface area contributed by atoms with Gasteiger partial charge in [-0.2, -0.15) is 0 Å². The highest BCUT2D eigenvalue weighted by atomic mass is 32.2. The van der Waals surface area contributed by atoms with Gasteiger partial charge in [0.1, 0.15) is 9.96 Å². The second kappa shape index (κ2) is 9.13. The van der Waals surface area contributed by atoms with E-state index in [-0.39, 0.29) is 15.9 Å². The minimum absolute atomic E-state index is 0.156. The van der Waals surface area contributed by atoms with E-state index in [1.165, 1.54) is 11.8 Å². The number of nitrogens with one attached hydrogen (secondary N) is 2. The number of para-hydroxylation sites is 2. The van der Waals surface area contributed by atoms with Gasteiger partial charge in [0.15, 0.2) is 0 Å². The lowest BCUT2D eigenvalue weighted by Gasteiger charge is -2.10. The SMILES string of the molecule is COc1ccccc1NC(=O)CSc1ccc(NS(=O)(=O)c2cccs2)cc1. The third-order valence-electron chi connectivity index (χ3n) is 3.62. The molecule has 0 saturated heterocycles. The number of amides is 1. The first kappa shape index (κ1) is 20.2. The molecule has 0 atom stereocenters. The van der Waals surface area contributed by atoms with Crippen LogP contribution < -0.4 is 14.8 Å². The minimum Gasteiger partial charge on any atom is -0.495 e. The van der Waals surface area contributed by atoms with Crippen molar-refractivity contribution < 1.29 is 17.9 Å². The number of sulfonamides is 1. The molecule has 0 aliphatic carbocycles. The minimum atomic E-state index is -3.56. The number of carbonyl (C=O) groups is 1. The maximum absolute atomic E-state index is 12.2. The third kappa shape index (κ3) is 5.28. The lowest BCUT2D eigenvalue weighted by atomic mass is 10.3. The molecular weight excluding hydrogens is 416 g/mol. The van der Waals surface area contributed by atoms with Crippen LogP contribution in [0.3, 0.4) is 0 Å². The summed E-state index contributed by atoms with van der Waals surface area (Å²) >= 11 is 2.52. The molecule has 0 saturated carbocycles. The van der Waals surface area contributed by atoms with Crippen LogP contribution >= 0.6 is 23.1 Å². The molecule has 1 heterocycles. The number of methoxy groups -OCH3 is 1. The molecule has 0 spiro atoms. The Hall–Kier alpha value is -2.49. The monoisotopic (exact) mass is 434 g/mol. The Labute approximate surface area is 172 Å². The molecule has 3 aromatic rings. The summed E-state index contributed by atoms with van der Waals surface area (Å²) in [6.45, 7) is 0. The Morgan fingerprint density at radius 2 is 1.82 bits per heavy atom. The van der Waals surface area contributed by atoms with E-state index in [4.69, 9.17) is 4.74 Å². The highest BCUT2D eigenvalue weighted by Gasteiger charge is 2.15. The predicted molar refractivity (Wildman–Crippen MR) is 114 cm³/mol. The van der Waals surface area contributed by atoms with Gasteiger partial charge in [0.05, 0.1) is 18.6 Å². The van der Waals surface area contributed by atoms with Gasteiger partial charge in [-0.3, -0.25) is 9.52 Å². The van der Waals surface area contributed by atoms with Crippen molar-refractivity contribution >= 4 is 50.4 Å². The van der Waals surface area contributed by atoms with E-state index < -0.39 is 10.0 Å². The first-order valence-corrected chi connectivity index (χ1v) is 11.5. The number of hydrogen-bond donors (Lipinski definition) is 2. The van der Waals surface area contributed by atoms with Gasteiger partial charge in [-0.25, -0.2) is 8.42 Å². The standard InChI is InChI=1S/C19H18N2O4S3/c1-25-17-6-3-2-5-16(17)20-18(22)13-27-15-10-8-14(9-11-15)21-28(23,24)19-7-4-12-26-19/h2-12,21H,13H2,1H3,(H,20,22). The van der Waals surface area contributed by atoms with Gasteiger partial charge in [-0.15, -0.1) is 23.1 Å². The van der Waals surface area contributed by atoms with Crippen LogP contribution in [-0.4, -0.2) is 27.2 Å². The van der Waals surface area contributed by atoms with Crippen LogP contribution in [0.2, 0.25) is 0 Å². The zero-order valence-electron chi connectivity index (χ0n) is 14.9. The number of ether oxygens (including phenoxy) is 1. The smallest absolute Gasteiger partial charge is 0.271 e. The summed E-state index contributed by atoms with van der Waals surface area (Å²) in [5.74, 6) is 0.665. The first-order chi connectivity index (χ1) is 13.5. The fourth-order valence-corrected chi connectivity index (χ4v) is 5.07. The molecule has 0 bridgehead atoms. The van der Waals surface area contributed by atoms with Crippen molar-refractivity contribution in [2.75, 3.05) is 22.9 Å². The largest absolute Gasteiger partial charge is 0.495 e. The number of carbonyl (C=O) groups excluding carboxylic acids is 1. The lowest BCUT2D eigenvalue weighted by molar-refractivity contribution is -0.113. The van der Waals surface area contributed by atoms with Gasteiger partial charge in [0, 0.05) is 10.6 Å². The molecule has 0 fully saturated rings. The summed E-state index contributed by atoms with van der Waals surface area (Å²) < 4.78 is 32.5. The van der Waals surface area contributed by atoms with Crippen molar-refractivity contribution in [2.24, 2.45) is 0 Å².